The fraction of sp³-hybridized carbons (Fsp3) is 0.0800. The third kappa shape index (κ3) is 3.83. The Kier molecular flexibility index (Phi) is 4.81. The van der Waals surface area contributed by atoms with Crippen LogP contribution in [0.4, 0.5) is 17.5 Å². The van der Waals surface area contributed by atoms with Crippen LogP contribution < -0.4 is 10.6 Å². The van der Waals surface area contributed by atoms with Gasteiger partial charge in [-0.25, -0.2) is 9.97 Å². The number of halogens is 1. The van der Waals surface area contributed by atoms with Gasteiger partial charge in [-0.2, -0.15) is 4.98 Å². The van der Waals surface area contributed by atoms with Gasteiger partial charge in [0.05, 0.1) is 22.9 Å². The van der Waals surface area contributed by atoms with Crippen molar-refractivity contribution in [3.63, 3.8) is 0 Å². The number of benzene rings is 3. The van der Waals surface area contributed by atoms with E-state index in [1.807, 2.05) is 42.5 Å². The summed E-state index contributed by atoms with van der Waals surface area (Å²) in [5.74, 6) is 1.26. The highest BCUT2D eigenvalue weighted by Gasteiger charge is 2.10. The Morgan fingerprint density at radius 3 is 2.73 bits per heavy atom. The summed E-state index contributed by atoms with van der Waals surface area (Å²) in [5, 5.41) is 9.58. The van der Waals surface area contributed by atoms with Gasteiger partial charge in [-0.3, -0.25) is 0 Å². The van der Waals surface area contributed by atoms with Crippen molar-refractivity contribution in [2.24, 2.45) is 0 Å². The van der Waals surface area contributed by atoms with E-state index in [4.69, 9.17) is 16.6 Å². The fourth-order valence-corrected chi connectivity index (χ4v) is 4.26. The minimum atomic E-state index is 0.512. The highest BCUT2D eigenvalue weighted by atomic mass is 35.5. The van der Waals surface area contributed by atoms with Crippen molar-refractivity contribution in [2.75, 3.05) is 17.2 Å². The lowest BCUT2D eigenvalue weighted by Gasteiger charge is -2.12. The molecule has 0 aliphatic heterocycles. The van der Waals surface area contributed by atoms with Crippen LogP contribution in [0.2, 0.25) is 5.02 Å². The molecule has 8 heteroatoms. The number of nitrogens with one attached hydrogen (secondary N) is 4. The van der Waals surface area contributed by atoms with Crippen LogP contribution in [0.1, 0.15) is 5.56 Å². The van der Waals surface area contributed by atoms with Crippen LogP contribution in [0, 0.1) is 0 Å². The van der Waals surface area contributed by atoms with Gasteiger partial charge in [0, 0.05) is 39.7 Å². The zero-order chi connectivity index (χ0) is 22.2. The molecular weight excluding hydrogens is 434 g/mol. The Morgan fingerprint density at radius 1 is 0.848 bits per heavy atom. The molecule has 0 fully saturated rings. The highest BCUT2D eigenvalue weighted by molar-refractivity contribution is 6.31. The molecule has 0 unspecified atom stereocenters. The molecule has 3 aromatic heterocycles. The second-order valence-corrected chi connectivity index (χ2v) is 8.29. The van der Waals surface area contributed by atoms with Gasteiger partial charge in [0.1, 0.15) is 5.82 Å². The molecule has 6 rings (SSSR count). The van der Waals surface area contributed by atoms with Gasteiger partial charge in [-0.1, -0.05) is 29.8 Å². The van der Waals surface area contributed by atoms with Gasteiger partial charge in [0.25, 0.3) is 0 Å². The standard InChI is InChI=1S/C25H20ClN7/c26-16-5-7-21-19(11-16)24(27-10-9-15-13-28-20-4-2-1-3-18(15)20)33-25(32-21)31-17-6-8-22-23(12-17)30-14-29-22/h1-8,11-14,28H,9-10H2,(H,29,30)(H2,27,31,32,33). The average molecular weight is 454 g/mol. The third-order valence-corrected chi connectivity index (χ3v) is 5.93. The van der Waals surface area contributed by atoms with Crippen LogP contribution in [0.5, 0.6) is 0 Å². The molecule has 0 atom stereocenters. The maximum Gasteiger partial charge on any atom is 0.229 e. The molecule has 6 aromatic rings. The summed E-state index contributed by atoms with van der Waals surface area (Å²) in [5.41, 5.74) is 5.96. The van der Waals surface area contributed by atoms with Crippen LogP contribution in [0.3, 0.4) is 0 Å². The zero-order valence-electron chi connectivity index (χ0n) is 17.6. The summed E-state index contributed by atoms with van der Waals surface area (Å²) < 4.78 is 0. The largest absolute Gasteiger partial charge is 0.369 e. The molecule has 33 heavy (non-hydrogen) atoms. The molecule has 0 bridgehead atoms. The summed E-state index contributed by atoms with van der Waals surface area (Å²) in [6, 6.07) is 19.9. The lowest BCUT2D eigenvalue weighted by atomic mass is 10.1. The number of aromatic nitrogens is 5. The van der Waals surface area contributed by atoms with E-state index >= 15 is 0 Å². The van der Waals surface area contributed by atoms with Crippen molar-refractivity contribution in [3.05, 3.63) is 83.8 Å². The molecule has 0 radical (unpaired) electrons. The van der Waals surface area contributed by atoms with E-state index in [0.717, 1.165) is 51.9 Å². The van der Waals surface area contributed by atoms with E-state index < -0.39 is 0 Å². The van der Waals surface area contributed by atoms with Crippen molar-refractivity contribution in [1.29, 1.82) is 0 Å². The van der Waals surface area contributed by atoms with Crippen molar-refractivity contribution in [3.8, 4) is 0 Å². The Morgan fingerprint density at radius 2 is 1.76 bits per heavy atom. The molecule has 0 saturated carbocycles. The highest BCUT2D eigenvalue weighted by Crippen LogP contribution is 2.27. The number of hydrogen-bond donors (Lipinski definition) is 4. The fourth-order valence-electron chi connectivity index (χ4n) is 4.09. The molecule has 4 N–H and O–H groups in total. The van der Waals surface area contributed by atoms with Crippen LogP contribution in [-0.4, -0.2) is 31.5 Å². The Hall–Kier alpha value is -4.10. The van der Waals surface area contributed by atoms with E-state index in [2.05, 4.69) is 55.0 Å². The van der Waals surface area contributed by atoms with Gasteiger partial charge in [0.15, 0.2) is 0 Å². The second kappa shape index (κ2) is 8.11. The maximum absolute atomic E-state index is 6.27. The minimum absolute atomic E-state index is 0.512. The predicted octanol–water partition coefficient (Wildman–Crippen LogP) is 6.04. The summed E-state index contributed by atoms with van der Waals surface area (Å²) in [6.07, 6.45) is 4.61. The molecule has 3 aromatic carbocycles. The summed E-state index contributed by atoms with van der Waals surface area (Å²) in [4.78, 5) is 20.2. The Balaban J connectivity index is 1.29. The smallest absolute Gasteiger partial charge is 0.229 e. The summed E-state index contributed by atoms with van der Waals surface area (Å²) >= 11 is 6.27. The lowest BCUT2D eigenvalue weighted by Crippen LogP contribution is -2.09. The first-order valence-electron chi connectivity index (χ1n) is 10.7. The van der Waals surface area contributed by atoms with Gasteiger partial charge in [-0.05, 0) is 54.4 Å². The first-order valence-corrected chi connectivity index (χ1v) is 11.1. The number of hydrogen-bond acceptors (Lipinski definition) is 5. The average Bonchev–Trinajstić information content (AvgIpc) is 3.46. The number of rotatable bonds is 6. The normalized spacial score (nSPS) is 11.4. The SMILES string of the molecule is Clc1ccc2nc(Nc3ccc4nc[nH]c4c3)nc(NCCc3c[nH]c4ccccc34)c2c1. The van der Waals surface area contributed by atoms with Crippen molar-refractivity contribution in [2.45, 2.75) is 6.42 Å². The van der Waals surface area contributed by atoms with E-state index in [9.17, 15) is 0 Å². The van der Waals surface area contributed by atoms with E-state index in [1.165, 1.54) is 10.9 Å². The van der Waals surface area contributed by atoms with Crippen molar-refractivity contribution in [1.82, 2.24) is 24.9 Å². The van der Waals surface area contributed by atoms with Crippen LogP contribution in [0.15, 0.2) is 73.2 Å². The summed E-state index contributed by atoms with van der Waals surface area (Å²) in [7, 11) is 0. The quantitative estimate of drug-likeness (QED) is 0.246. The second-order valence-electron chi connectivity index (χ2n) is 7.85. The number of anilines is 3. The number of H-pyrrole nitrogens is 2. The number of para-hydroxylation sites is 1. The van der Waals surface area contributed by atoms with Crippen molar-refractivity contribution >= 4 is 61.9 Å². The minimum Gasteiger partial charge on any atom is -0.369 e. The zero-order valence-corrected chi connectivity index (χ0v) is 18.3. The van der Waals surface area contributed by atoms with Crippen LogP contribution >= 0.6 is 11.6 Å². The Bertz CT molecular complexity index is 1600. The van der Waals surface area contributed by atoms with Gasteiger partial charge >= 0.3 is 0 Å². The number of aromatic amines is 2. The molecule has 0 aliphatic carbocycles. The first kappa shape index (κ1) is 19.6. The molecule has 0 amide bonds. The molecule has 7 nitrogen and oxygen atoms in total. The Labute approximate surface area is 194 Å². The number of nitrogens with zero attached hydrogens (tertiary/aromatic N) is 3. The number of fused-ring (bicyclic) bond motifs is 3. The van der Waals surface area contributed by atoms with E-state index in [0.29, 0.717) is 11.0 Å². The maximum atomic E-state index is 6.27. The summed E-state index contributed by atoms with van der Waals surface area (Å²) in [6.45, 7) is 0.722. The molecule has 0 saturated heterocycles. The van der Waals surface area contributed by atoms with Crippen LogP contribution in [-0.2, 0) is 6.42 Å². The van der Waals surface area contributed by atoms with E-state index in [1.54, 1.807) is 6.33 Å². The first-order chi connectivity index (χ1) is 16.2. The monoisotopic (exact) mass is 453 g/mol. The van der Waals surface area contributed by atoms with Gasteiger partial charge < -0.3 is 20.6 Å². The molecule has 162 valence electrons. The lowest BCUT2D eigenvalue weighted by molar-refractivity contribution is 1.01. The third-order valence-electron chi connectivity index (χ3n) is 5.70. The van der Waals surface area contributed by atoms with Crippen LogP contribution in [0.25, 0.3) is 32.8 Å². The molecule has 0 aliphatic rings. The van der Waals surface area contributed by atoms with Gasteiger partial charge in [-0.15, -0.1) is 0 Å². The topological polar surface area (TPSA) is 94.3 Å². The molecule has 3 heterocycles. The van der Waals surface area contributed by atoms with E-state index in [-0.39, 0.29) is 0 Å². The molecular formula is C25H20ClN7. The number of imidazole rings is 1. The van der Waals surface area contributed by atoms with Gasteiger partial charge in [0.2, 0.25) is 5.95 Å². The molecule has 0 spiro atoms. The van der Waals surface area contributed by atoms with Crippen molar-refractivity contribution < 1.29 is 0 Å². The predicted molar refractivity (Wildman–Crippen MR) is 134 cm³/mol.